The lowest BCUT2D eigenvalue weighted by atomic mass is 9.98. The predicted molar refractivity (Wildman–Crippen MR) is 177 cm³/mol. The number of fused-ring (bicyclic) bond motifs is 1. The first-order chi connectivity index (χ1) is 21.2. The fourth-order valence-electron chi connectivity index (χ4n) is 5.49. The molecule has 0 aliphatic carbocycles. The Bertz CT molecular complexity index is 1390. The molecule has 1 saturated heterocycles. The Hall–Kier alpha value is -2.95. The van der Waals surface area contributed by atoms with Gasteiger partial charge < -0.3 is 18.7 Å². The average Bonchev–Trinajstić information content (AvgIpc) is 3.37. The van der Waals surface area contributed by atoms with Crippen LogP contribution in [0.25, 0.3) is 10.9 Å². The Morgan fingerprint density at radius 3 is 2.13 bits per heavy atom. The number of carbonyl (C=O) groups is 3. The first kappa shape index (κ1) is 37.5. The Labute approximate surface area is 273 Å². The second-order valence-corrected chi connectivity index (χ2v) is 17.8. The lowest BCUT2D eigenvalue weighted by Crippen LogP contribution is -2.56. The van der Waals surface area contributed by atoms with Crippen molar-refractivity contribution < 1.29 is 37.7 Å². The third kappa shape index (κ3) is 9.78. The van der Waals surface area contributed by atoms with Crippen molar-refractivity contribution in [1.82, 2.24) is 20.0 Å². The van der Waals surface area contributed by atoms with Gasteiger partial charge >= 0.3 is 18.2 Å². The Kier molecular flexibility index (Phi) is 11.8. The summed E-state index contributed by atoms with van der Waals surface area (Å²) in [6.07, 6.45) is 1.15. The molecule has 1 aromatic heterocycles. The molecule has 0 bridgehead atoms. The molecule has 0 spiro atoms. The van der Waals surface area contributed by atoms with Gasteiger partial charge in [0.15, 0.2) is 5.16 Å². The van der Waals surface area contributed by atoms with E-state index in [1.54, 1.807) is 75.4 Å². The van der Waals surface area contributed by atoms with E-state index in [1.807, 2.05) is 18.2 Å². The number of ether oxygens (including phenoxy) is 3. The van der Waals surface area contributed by atoms with Gasteiger partial charge in [0.05, 0.1) is 18.3 Å². The molecule has 2 atom stereocenters. The highest BCUT2D eigenvalue weighted by molar-refractivity contribution is 7.62. The van der Waals surface area contributed by atoms with E-state index in [0.29, 0.717) is 25.9 Å². The van der Waals surface area contributed by atoms with Crippen LogP contribution in [0.3, 0.4) is 0 Å². The van der Waals surface area contributed by atoms with Gasteiger partial charge in [-0.15, -0.1) is 0 Å². The van der Waals surface area contributed by atoms with Crippen molar-refractivity contribution in [3.8, 4) is 0 Å². The monoisotopic (exact) mass is 664 g/mol. The number of hydrogen-bond acceptors (Lipinski definition) is 10. The number of carbonyl (C=O) groups excluding carboxylic acids is 3. The van der Waals surface area contributed by atoms with Gasteiger partial charge in [-0.2, -0.15) is 5.10 Å². The molecule has 13 heteroatoms. The van der Waals surface area contributed by atoms with E-state index in [2.05, 4.69) is 15.1 Å². The second kappa shape index (κ2) is 14.4. The standard InChI is InChI=1S/C33H53N4O8P/c1-11-42-46(41)20-19-36(22-24-15-14-16-26-25(24)21-34-35-26)23-33(46,27(38)43-30(2,3)4)17-12-13-18-37(28(39)44-31(5,6)7)29(40)45-32(8,9)10/h14-16,21H,11-13,17-20,22-23H2,1-10H3,(H,34,35). The molecule has 1 aliphatic rings. The average molecular weight is 665 g/mol. The summed E-state index contributed by atoms with van der Waals surface area (Å²) < 4.78 is 37.6. The van der Waals surface area contributed by atoms with Crippen LogP contribution in [-0.4, -0.2) is 92.5 Å². The number of rotatable bonds is 10. The summed E-state index contributed by atoms with van der Waals surface area (Å²) in [5.41, 5.74) is -0.533. The minimum Gasteiger partial charge on any atom is -0.459 e. The molecule has 1 N–H and O–H groups in total. The number of H-pyrrole nitrogens is 1. The van der Waals surface area contributed by atoms with Crippen LogP contribution in [-0.2, 0) is 34.6 Å². The number of unbranched alkanes of at least 4 members (excludes halogenated alkanes) is 1. The molecule has 1 fully saturated rings. The van der Waals surface area contributed by atoms with Crippen molar-refractivity contribution in [3.05, 3.63) is 30.0 Å². The van der Waals surface area contributed by atoms with E-state index in [0.717, 1.165) is 21.4 Å². The highest BCUT2D eigenvalue weighted by atomic mass is 31.2. The van der Waals surface area contributed by atoms with Crippen molar-refractivity contribution in [3.63, 3.8) is 0 Å². The SMILES string of the molecule is CCOP1(=O)CCN(Cc2cccc3[nH]ncc23)CC1(CCCCN(C(=O)OC(C)(C)C)C(=O)OC(C)(C)C)C(=O)OC(C)(C)C. The third-order valence-electron chi connectivity index (χ3n) is 7.38. The van der Waals surface area contributed by atoms with Gasteiger partial charge in [-0.25, -0.2) is 14.5 Å². The van der Waals surface area contributed by atoms with Crippen LogP contribution in [0.4, 0.5) is 9.59 Å². The molecule has 0 saturated carbocycles. The molecule has 1 aliphatic heterocycles. The van der Waals surface area contributed by atoms with Crippen LogP contribution in [0.15, 0.2) is 24.4 Å². The Morgan fingerprint density at radius 1 is 0.957 bits per heavy atom. The maximum atomic E-state index is 14.7. The van der Waals surface area contributed by atoms with Crippen molar-refractivity contribution >= 4 is 36.4 Å². The molecule has 2 heterocycles. The normalized spacial score (nSPS) is 21.2. The number of esters is 1. The van der Waals surface area contributed by atoms with Crippen LogP contribution in [0.5, 0.6) is 0 Å². The second-order valence-electron chi connectivity index (χ2n) is 14.9. The minimum atomic E-state index is -3.56. The number of hydrogen-bond donors (Lipinski definition) is 1. The summed E-state index contributed by atoms with van der Waals surface area (Å²) in [4.78, 5) is 43.3. The van der Waals surface area contributed by atoms with Gasteiger partial charge in [-0.1, -0.05) is 12.1 Å². The zero-order valence-electron chi connectivity index (χ0n) is 29.2. The van der Waals surface area contributed by atoms with Crippen LogP contribution < -0.4 is 0 Å². The Morgan fingerprint density at radius 2 is 1.57 bits per heavy atom. The summed E-state index contributed by atoms with van der Waals surface area (Å²) in [7, 11) is -3.56. The highest BCUT2D eigenvalue weighted by Gasteiger charge is 2.59. The maximum absolute atomic E-state index is 14.7. The minimum absolute atomic E-state index is 0.0145. The molecular weight excluding hydrogens is 611 g/mol. The number of imide groups is 1. The van der Waals surface area contributed by atoms with E-state index in [1.165, 1.54) is 0 Å². The Balaban J connectivity index is 1.91. The lowest BCUT2D eigenvalue weighted by Gasteiger charge is -2.46. The third-order valence-corrected chi connectivity index (χ3v) is 10.7. The van der Waals surface area contributed by atoms with Gasteiger partial charge in [0.25, 0.3) is 0 Å². The van der Waals surface area contributed by atoms with Gasteiger partial charge in [0.2, 0.25) is 7.37 Å². The smallest absolute Gasteiger partial charge is 0.419 e. The van der Waals surface area contributed by atoms with Crippen LogP contribution in [0.1, 0.15) is 94.1 Å². The van der Waals surface area contributed by atoms with Crippen molar-refractivity contribution in [2.24, 2.45) is 0 Å². The summed E-state index contributed by atoms with van der Waals surface area (Å²) in [6, 6.07) is 5.92. The van der Waals surface area contributed by atoms with Crippen molar-refractivity contribution in [1.29, 1.82) is 0 Å². The number of aromatic nitrogens is 2. The largest absolute Gasteiger partial charge is 0.459 e. The fourth-order valence-corrected chi connectivity index (χ4v) is 8.50. The lowest BCUT2D eigenvalue weighted by molar-refractivity contribution is -0.160. The van der Waals surface area contributed by atoms with E-state index in [-0.39, 0.29) is 32.3 Å². The quantitative estimate of drug-likeness (QED) is 0.121. The number of aromatic amines is 1. The number of nitrogens with zero attached hydrogens (tertiary/aromatic N) is 3. The summed E-state index contributed by atoms with van der Waals surface area (Å²) in [5, 5.41) is 6.69. The van der Waals surface area contributed by atoms with E-state index in [9.17, 15) is 18.9 Å². The molecule has 12 nitrogen and oxygen atoms in total. The molecule has 2 amide bonds. The molecule has 1 aromatic carbocycles. The van der Waals surface area contributed by atoms with Gasteiger partial charge in [0, 0.05) is 37.7 Å². The number of benzene rings is 1. The van der Waals surface area contributed by atoms with Crippen molar-refractivity contribution in [2.45, 2.75) is 117 Å². The molecular formula is C33H53N4O8P. The number of amides is 2. The van der Waals surface area contributed by atoms with Crippen LogP contribution in [0, 0.1) is 0 Å². The topological polar surface area (TPSA) is 140 Å². The maximum Gasteiger partial charge on any atom is 0.419 e. The van der Waals surface area contributed by atoms with Crippen LogP contribution >= 0.6 is 7.37 Å². The summed E-state index contributed by atoms with van der Waals surface area (Å²) in [5.74, 6) is -0.570. The molecule has 2 aromatic rings. The molecule has 0 radical (unpaired) electrons. The van der Waals surface area contributed by atoms with Gasteiger partial charge in [0.1, 0.15) is 16.8 Å². The molecule has 46 heavy (non-hydrogen) atoms. The van der Waals surface area contributed by atoms with Gasteiger partial charge in [-0.05, 0) is 100 Å². The highest BCUT2D eigenvalue weighted by Crippen LogP contribution is 2.64. The fraction of sp³-hybridized carbons (Fsp3) is 0.697. The zero-order valence-corrected chi connectivity index (χ0v) is 30.1. The van der Waals surface area contributed by atoms with Gasteiger partial charge in [-0.3, -0.25) is 19.4 Å². The molecule has 2 unspecified atom stereocenters. The predicted octanol–water partition coefficient (Wildman–Crippen LogP) is 7.12. The van der Waals surface area contributed by atoms with E-state index < -0.39 is 47.5 Å². The van der Waals surface area contributed by atoms with E-state index in [4.69, 9.17) is 18.7 Å². The molecule has 258 valence electrons. The molecule has 3 rings (SSSR count). The van der Waals surface area contributed by atoms with Crippen molar-refractivity contribution in [2.75, 3.05) is 32.4 Å². The zero-order chi connectivity index (χ0) is 34.6. The number of nitrogens with one attached hydrogen (secondary N) is 1. The van der Waals surface area contributed by atoms with E-state index >= 15 is 0 Å². The first-order valence-corrected chi connectivity index (χ1v) is 17.8. The van der Waals surface area contributed by atoms with Crippen LogP contribution in [0.2, 0.25) is 0 Å². The first-order valence-electron chi connectivity index (χ1n) is 16.0. The summed E-state index contributed by atoms with van der Waals surface area (Å²) in [6.45, 7) is 18.7. The summed E-state index contributed by atoms with van der Waals surface area (Å²) >= 11 is 0.